The van der Waals surface area contributed by atoms with Crippen molar-refractivity contribution in [2.24, 2.45) is 0 Å². The number of morpholine rings is 1. The predicted molar refractivity (Wildman–Crippen MR) is 73.5 cm³/mol. The molecule has 0 aromatic heterocycles. The van der Waals surface area contributed by atoms with Gasteiger partial charge in [0.05, 0.1) is 27.4 Å². The van der Waals surface area contributed by atoms with Crippen LogP contribution in [0.2, 0.25) is 0 Å². The van der Waals surface area contributed by atoms with E-state index in [1.807, 2.05) is 18.2 Å². The van der Waals surface area contributed by atoms with Gasteiger partial charge in [-0.1, -0.05) is 0 Å². The highest BCUT2D eigenvalue weighted by Gasteiger charge is 2.17. The number of ether oxygens (including phenoxy) is 3. The Hall–Kier alpha value is -1.30. The smallest absolute Gasteiger partial charge is 0.123 e. The lowest BCUT2D eigenvalue weighted by atomic mass is 10.1. The molecule has 0 bridgehead atoms. The molecule has 0 saturated carbocycles. The molecule has 0 amide bonds. The average Bonchev–Trinajstić information content (AvgIpc) is 2.47. The molecule has 1 aliphatic rings. The van der Waals surface area contributed by atoms with E-state index >= 15 is 0 Å². The van der Waals surface area contributed by atoms with Gasteiger partial charge in [0.15, 0.2) is 0 Å². The zero-order valence-electron chi connectivity index (χ0n) is 11.8. The summed E-state index contributed by atoms with van der Waals surface area (Å²) in [7, 11) is 3.36. The molecule has 1 aromatic carbocycles. The Balaban J connectivity index is 2.09. The highest BCUT2D eigenvalue weighted by molar-refractivity contribution is 5.42. The Bertz CT molecular complexity index is 406. The summed E-state index contributed by atoms with van der Waals surface area (Å²) >= 11 is 0. The highest BCUT2D eigenvalue weighted by Crippen LogP contribution is 2.29. The van der Waals surface area contributed by atoms with E-state index in [0.29, 0.717) is 0 Å². The maximum absolute atomic E-state index is 5.42. The molecule has 0 aliphatic carbocycles. The molecule has 1 heterocycles. The van der Waals surface area contributed by atoms with Gasteiger partial charge in [0.2, 0.25) is 0 Å². The van der Waals surface area contributed by atoms with Crippen molar-refractivity contribution in [3.8, 4) is 11.5 Å². The predicted octanol–water partition coefficient (Wildman–Crippen LogP) is 1.60. The van der Waals surface area contributed by atoms with Gasteiger partial charge in [-0.3, -0.25) is 0 Å². The summed E-state index contributed by atoms with van der Waals surface area (Å²) in [5.74, 6) is 1.71. The highest BCUT2D eigenvalue weighted by atomic mass is 16.5. The first-order valence-corrected chi connectivity index (χ1v) is 6.55. The number of rotatable bonds is 5. The minimum absolute atomic E-state index is 0.156. The molecule has 1 aromatic rings. The Morgan fingerprint density at radius 1 is 1.21 bits per heavy atom. The van der Waals surface area contributed by atoms with Gasteiger partial charge < -0.3 is 14.2 Å². The molecule has 5 heteroatoms. The summed E-state index contributed by atoms with van der Waals surface area (Å²) in [5.41, 5.74) is 4.57. The van der Waals surface area contributed by atoms with E-state index in [1.54, 1.807) is 14.2 Å². The number of nitrogens with one attached hydrogen (secondary N) is 1. The van der Waals surface area contributed by atoms with E-state index in [4.69, 9.17) is 14.2 Å². The molecule has 0 radical (unpaired) electrons. The molecular weight excluding hydrogens is 244 g/mol. The van der Waals surface area contributed by atoms with E-state index in [-0.39, 0.29) is 6.04 Å². The van der Waals surface area contributed by atoms with Crippen LogP contribution in [0.15, 0.2) is 18.2 Å². The SMILES string of the molecule is COc1ccc(OC)c(C(C)NN2CCOCC2)c1. The van der Waals surface area contributed by atoms with Crippen LogP contribution in [-0.4, -0.2) is 45.5 Å². The van der Waals surface area contributed by atoms with Crippen molar-refractivity contribution in [3.05, 3.63) is 23.8 Å². The Labute approximate surface area is 114 Å². The summed E-state index contributed by atoms with van der Waals surface area (Å²) in [6, 6.07) is 6.01. The molecule has 1 saturated heterocycles. The number of methoxy groups -OCH3 is 2. The molecule has 19 heavy (non-hydrogen) atoms. The molecule has 1 aliphatic heterocycles. The van der Waals surface area contributed by atoms with E-state index in [2.05, 4.69) is 17.4 Å². The van der Waals surface area contributed by atoms with Crippen LogP contribution in [0.1, 0.15) is 18.5 Å². The Morgan fingerprint density at radius 2 is 1.95 bits per heavy atom. The summed E-state index contributed by atoms with van der Waals surface area (Å²) in [6.07, 6.45) is 0. The topological polar surface area (TPSA) is 43.0 Å². The lowest BCUT2D eigenvalue weighted by molar-refractivity contribution is 0.00467. The van der Waals surface area contributed by atoms with Gasteiger partial charge in [-0.25, -0.2) is 10.4 Å². The first kappa shape index (κ1) is 14.1. The monoisotopic (exact) mass is 266 g/mol. The summed E-state index contributed by atoms with van der Waals surface area (Å²) < 4.78 is 16.0. The normalized spacial score (nSPS) is 18.1. The van der Waals surface area contributed by atoms with E-state index in [9.17, 15) is 0 Å². The number of hydrogen-bond donors (Lipinski definition) is 1. The van der Waals surface area contributed by atoms with Crippen molar-refractivity contribution in [3.63, 3.8) is 0 Å². The van der Waals surface area contributed by atoms with Gasteiger partial charge in [-0.05, 0) is 25.1 Å². The van der Waals surface area contributed by atoms with Crippen LogP contribution in [-0.2, 0) is 4.74 Å². The molecule has 1 unspecified atom stereocenters. The third-order valence-corrected chi connectivity index (χ3v) is 3.29. The molecule has 1 fully saturated rings. The second-order valence-electron chi connectivity index (χ2n) is 4.56. The molecule has 106 valence electrons. The number of hydrazine groups is 1. The van der Waals surface area contributed by atoms with E-state index in [0.717, 1.165) is 43.4 Å². The van der Waals surface area contributed by atoms with Gasteiger partial charge >= 0.3 is 0 Å². The third kappa shape index (κ3) is 3.59. The molecule has 5 nitrogen and oxygen atoms in total. The standard InChI is InChI=1S/C14H22N2O3/c1-11(15-16-6-8-19-9-7-16)13-10-12(17-2)4-5-14(13)18-3/h4-5,10-11,15H,6-9H2,1-3H3. The van der Waals surface area contributed by atoms with E-state index < -0.39 is 0 Å². The van der Waals surface area contributed by atoms with Crippen LogP contribution >= 0.6 is 0 Å². The Kier molecular flexibility index (Phi) is 5.01. The van der Waals surface area contributed by atoms with Crippen LogP contribution in [0.3, 0.4) is 0 Å². The van der Waals surface area contributed by atoms with Gasteiger partial charge in [0.25, 0.3) is 0 Å². The summed E-state index contributed by atoms with van der Waals surface area (Å²) in [5, 5.41) is 2.19. The third-order valence-electron chi connectivity index (χ3n) is 3.29. The van der Waals surface area contributed by atoms with Crippen molar-refractivity contribution in [2.75, 3.05) is 40.5 Å². The van der Waals surface area contributed by atoms with Crippen molar-refractivity contribution in [2.45, 2.75) is 13.0 Å². The van der Waals surface area contributed by atoms with E-state index in [1.165, 1.54) is 0 Å². The van der Waals surface area contributed by atoms with Crippen molar-refractivity contribution >= 4 is 0 Å². The van der Waals surface area contributed by atoms with Gasteiger partial charge in [0.1, 0.15) is 11.5 Å². The van der Waals surface area contributed by atoms with Gasteiger partial charge in [0, 0.05) is 24.7 Å². The quantitative estimate of drug-likeness (QED) is 0.877. The largest absolute Gasteiger partial charge is 0.497 e. The first-order chi connectivity index (χ1) is 9.24. The molecule has 2 rings (SSSR count). The second-order valence-corrected chi connectivity index (χ2v) is 4.56. The fourth-order valence-corrected chi connectivity index (χ4v) is 2.21. The molecular formula is C14H22N2O3. The summed E-state index contributed by atoms with van der Waals surface area (Å²) in [6.45, 7) is 5.46. The number of hydrogen-bond acceptors (Lipinski definition) is 5. The average molecular weight is 266 g/mol. The fourth-order valence-electron chi connectivity index (χ4n) is 2.21. The Morgan fingerprint density at radius 3 is 2.58 bits per heavy atom. The minimum Gasteiger partial charge on any atom is -0.497 e. The second kappa shape index (κ2) is 6.75. The van der Waals surface area contributed by atoms with Gasteiger partial charge in [-0.2, -0.15) is 0 Å². The molecule has 1 N–H and O–H groups in total. The maximum Gasteiger partial charge on any atom is 0.123 e. The van der Waals surface area contributed by atoms with Crippen LogP contribution < -0.4 is 14.9 Å². The van der Waals surface area contributed by atoms with Crippen LogP contribution in [0.5, 0.6) is 11.5 Å². The molecule has 0 spiro atoms. The number of nitrogens with zero attached hydrogens (tertiary/aromatic N) is 1. The van der Waals surface area contributed by atoms with Crippen LogP contribution in [0, 0.1) is 0 Å². The van der Waals surface area contributed by atoms with Crippen LogP contribution in [0.25, 0.3) is 0 Å². The van der Waals surface area contributed by atoms with Crippen molar-refractivity contribution < 1.29 is 14.2 Å². The zero-order valence-corrected chi connectivity index (χ0v) is 11.8. The van der Waals surface area contributed by atoms with Gasteiger partial charge in [-0.15, -0.1) is 0 Å². The lowest BCUT2D eigenvalue weighted by Gasteiger charge is -2.31. The minimum atomic E-state index is 0.156. The fraction of sp³-hybridized carbons (Fsp3) is 0.571. The zero-order chi connectivity index (χ0) is 13.7. The molecule has 1 atom stereocenters. The van der Waals surface area contributed by atoms with Crippen LogP contribution in [0.4, 0.5) is 0 Å². The lowest BCUT2D eigenvalue weighted by Crippen LogP contribution is -2.46. The van der Waals surface area contributed by atoms with Crippen molar-refractivity contribution in [1.29, 1.82) is 0 Å². The number of benzene rings is 1. The summed E-state index contributed by atoms with van der Waals surface area (Å²) in [4.78, 5) is 0. The van der Waals surface area contributed by atoms with Crippen molar-refractivity contribution in [1.82, 2.24) is 10.4 Å². The first-order valence-electron chi connectivity index (χ1n) is 6.55. The maximum atomic E-state index is 5.42.